The quantitative estimate of drug-likeness (QED) is 0.423. The second-order valence-electron chi connectivity index (χ2n) is 3.72. The van der Waals surface area contributed by atoms with Gasteiger partial charge in [0.05, 0.1) is 4.92 Å². The molecule has 0 spiro atoms. The monoisotopic (exact) mass is 276 g/mol. The van der Waals surface area contributed by atoms with E-state index < -0.39 is 27.6 Å². The van der Waals surface area contributed by atoms with Gasteiger partial charge in [-0.3, -0.25) is 19.9 Å². The molecule has 0 saturated carbocycles. The molecule has 0 aliphatic heterocycles. The number of nitrogens with zero attached hydrogens (tertiary/aromatic N) is 2. The van der Waals surface area contributed by atoms with Crippen molar-refractivity contribution in [1.82, 2.24) is 9.97 Å². The van der Waals surface area contributed by atoms with Gasteiger partial charge < -0.3 is 10.1 Å². The number of phenols is 1. The molecule has 3 N–H and O–H groups in total. The molecule has 0 saturated heterocycles. The molecule has 2 aromatic rings. The number of aromatic amines is 2. The Bertz CT molecular complexity index is 805. The van der Waals surface area contributed by atoms with Crippen LogP contribution in [0.1, 0.15) is 5.56 Å². The number of nitro groups is 1. The normalized spacial score (nSPS) is 10.8. The van der Waals surface area contributed by atoms with Crippen LogP contribution in [0, 0.1) is 10.1 Å². The zero-order valence-electron chi connectivity index (χ0n) is 9.86. The first kappa shape index (κ1) is 13.2. The molecule has 1 aromatic heterocycles. The Labute approximate surface area is 110 Å². The number of hydrogen-bond acceptors (Lipinski definition) is 6. The van der Waals surface area contributed by atoms with Crippen LogP contribution in [0.4, 0.5) is 11.4 Å². The van der Waals surface area contributed by atoms with Crippen LogP contribution >= 0.6 is 0 Å². The van der Waals surface area contributed by atoms with Crippen molar-refractivity contribution in [1.29, 1.82) is 0 Å². The first-order valence-corrected chi connectivity index (χ1v) is 5.31. The Morgan fingerprint density at radius 3 is 2.75 bits per heavy atom. The van der Waals surface area contributed by atoms with E-state index in [0.29, 0.717) is 5.56 Å². The summed E-state index contributed by atoms with van der Waals surface area (Å²) in [5, 5.41) is 19.9. The number of phenolic OH excluding ortho intramolecular Hbond substituents is 1. The number of nitrogens with one attached hydrogen (secondary N) is 2. The fourth-order valence-corrected chi connectivity index (χ4v) is 1.41. The number of H-pyrrole nitrogens is 2. The Balaban J connectivity index is 2.37. The van der Waals surface area contributed by atoms with Crippen LogP contribution in [-0.4, -0.2) is 26.2 Å². The molecule has 0 unspecified atom stereocenters. The highest BCUT2D eigenvalue weighted by molar-refractivity contribution is 5.83. The highest BCUT2D eigenvalue weighted by Gasteiger charge is 2.12. The van der Waals surface area contributed by atoms with E-state index in [1.54, 1.807) is 0 Å². The largest absolute Gasteiger partial charge is 0.502 e. The lowest BCUT2D eigenvalue weighted by atomic mass is 10.2. The van der Waals surface area contributed by atoms with Gasteiger partial charge in [-0.05, 0) is 17.7 Å². The lowest BCUT2D eigenvalue weighted by Gasteiger charge is -1.97. The molecule has 0 atom stereocenters. The third kappa shape index (κ3) is 2.77. The van der Waals surface area contributed by atoms with Crippen molar-refractivity contribution in [2.45, 2.75) is 0 Å². The second kappa shape index (κ2) is 5.18. The summed E-state index contributed by atoms with van der Waals surface area (Å²) in [5.74, 6) is -0.464. The molecule has 0 fully saturated rings. The summed E-state index contributed by atoms with van der Waals surface area (Å²) in [4.78, 5) is 40.1. The molecule has 0 bridgehead atoms. The van der Waals surface area contributed by atoms with E-state index >= 15 is 0 Å². The van der Waals surface area contributed by atoms with Gasteiger partial charge in [-0.1, -0.05) is 0 Å². The van der Waals surface area contributed by atoms with Gasteiger partial charge in [-0.2, -0.15) is 0 Å². The lowest BCUT2D eigenvalue weighted by molar-refractivity contribution is -0.385. The molecule has 0 amide bonds. The molecule has 1 aromatic carbocycles. The van der Waals surface area contributed by atoms with E-state index in [1.807, 2.05) is 4.98 Å². The maximum Gasteiger partial charge on any atom is 0.325 e. The van der Waals surface area contributed by atoms with Gasteiger partial charge in [0, 0.05) is 18.5 Å². The summed E-state index contributed by atoms with van der Waals surface area (Å²) in [6.07, 6.45) is 2.32. The van der Waals surface area contributed by atoms with Crippen molar-refractivity contribution in [3.05, 3.63) is 60.9 Å². The predicted molar refractivity (Wildman–Crippen MR) is 69.7 cm³/mol. The first-order chi connectivity index (χ1) is 9.47. The fourth-order valence-electron chi connectivity index (χ4n) is 1.41. The molecule has 0 aliphatic rings. The molecule has 102 valence electrons. The van der Waals surface area contributed by atoms with Crippen molar-refractivity contribution in [3.8, 4) is 5.75 Å². The Morgan fingerprint density at radius 2 is 2.10 bits per heavy atom. The van der Waals surface area contributed by atoms with Crippen molar-refractivity contribution in [3.63, 3.8) is 0 Å². The molecule has 0 radical (unpaired) electrons. The molecule has 1 heterocycles. The third-order valence-electron chi connectivity index (χ3n) is 2.35. The van der Waals surface area contributed by atoms with Gasteiger partial charge in [0.15, 0.2) is 5.75 Å². The number of aliphatic imine (C=N–C) groups is 1. The first-order valence-electron chi connectivity index (χ1n) is 5.31. The van der Waals surface area contributed by atoms with E-state index in [1.165, 1.54) is 12.3 Å². The minimum absolute atomic E-state index is 0.0553. The zero-order valence-corrected chi connectivity index (χ0v) is 9.86. The van der Waals surface area contributed by atoms with Crippen molar-refractivity contribution < 1.29 is 10.0 Å². The van der Waals surface area contributed by atoms with Crippen LogP contribution in [-0.2, 0) is 0 Å². The molecular formula is C11H8N4O5. The summed E-state index contributed by atoms with van der Waals surface area (Å²) in [5.41, 5.74) is -1.54. The number of aromatic nitrogens is 2. The maximum absolute atomic E-state index is 11.4. The molecule has 9 heteroatoms. The Hall–Kier alpha value is -3.23. The van der Waals surface area contributed by atoms with Gasteiger partial charge in [0.1, 0.15) is 5.69 Å². The average Bonchev–Trinajstić information content (AvgIpc) is 2.39. The minimum atomic E-state index is -0.737. The van der Waals surface area contributed by atoms with E-state index in [9.17, 15) is 24.8 Å². The van der Waals surface area contributed by atoms with Crippen LogP contribution < -0.4 is 11.2 Å². The summed E-state index contributed by atoms with van der Waals surface area (Å²) >= 11 is 0. The Morgan fingerprint density at radius 1 is 1.35 bits per heavy atom. The van der Waals surface area contributed by atoms with Crippen LogP contribution in [0.5, 0.6) is 5.75 Å². The van der Waals surface area contributed by atoms with Crippen LogP contribution in [0.2, 0.25) is 0 Å². The number of hydrogen-bond donors (Lipinski definition) is 3. The van der Waals surface area contributed by atoms with E-state index in [0.717, 1.165) is 18.3 Å². The fraction of sp³-hybridized carbons (Fsp3) is 0. The van der Waals surface area contributed by atoms with Gasteiger partial charge >= 0.3 is 11.4 Å². The summed E-state index contributed by atoms with van der Waals surface area (Å²) in [6, 6.07) is 3.65. The summed E-state index contributed by atoms with van der Waals surface area (Å²) in [7, 11) is 0. The van der Waals surface area contributed by atoms with Crippen LogP contribution in [0.15, 0.2) is 39.0 Å². The summed E-state index contributed by atoms with van der Waals surface area (Å²) < 4.78 is 0. The standard InChI is InChI=1S/C11H8N4O5/c16-9-2-1-6(3-8(9)15(19)20)4-12-7-5-13-11(18)14-10(7)17/h1-5,16H,(H2,13,14,17,18). The van der Waals surface area contributed by atoms with Crippen molar-refractivity contribution in [2.75, 3.05) is 0 Å². The van der Waals surface area contributed by atoms with Crippen LogP contribution in [0.25, 0.3) is 0 Å². The Kier molecular flexibility index (Phi) is 3.42. The highest BCUT2D eigenvalue weighted by Crippen LogP contribution is 2.25. The summed E-state index contributed by atoms with van der Waals surface area (Å²) in [6.45, 7) is 0. The van der Waals surface area contributed by atoms with Gasteiger partial charge in [-0.15, -0.1) is 0 Å². The molecule has 9 nitrogen and oxygen atoms in total. The van der Waals surface area contributed by atoms with E-state index in [4.69, 9.17) is 0 Å². The molecule has 0 aliphatic carbocycles. The molecule has 20 heavy (non-hydrogen) atoms. The van der Waals surface area contributed by atoms with Gasteiger partial charge in [0.25, 0.3) is 5.56 Å². The zero-order chi connectivity index (χ0) is 14.7. The lowest BCUT2D eigenvalue weighted by Crippen LogP contribution is -2.20. The number of benzene rings is 1. The average molecular weight is 276 g/mol. The van der Waals surface area contributed by atoms with E-state index in [2.05, 4.69) is 9.98 Å². The van der Waals surface area contributed by atoms with Crippen molar-refractivity contribution in [2.24, 2.45) is 4.99 Å². The minimum Gasteiger partial charge on any atom is -0.502 e. The van der Waals surface area contributed by atoms with Gasteiger partial charge in [0.2, 0.25) is 0 Å². The third-order valence-corrected chi connectivity index (χ3v) is 2.35. The SMILES string of the molecule is O=c1[nH]cc(N=Cc2ccc(O)c([N+](=O)[O-])c2)c(=O)[nH]1. The number of nitro benzene ring substituents is 1. The number of rotatable bonds is 3. The highest BCUT2D eigenvalue weighted by atomic mass is 16.6. The van der Waals surface area contributed by atoms with Gasteiger partial charge in [-0.25, -0.2) is 9.79 Å². The second-order valence-corrected chi connectivity index (χ2v) is 3.72. The predicted octanol–water partition coefficient (Wildman–Crippen LogP) is 0.428. The maximum atomic E-state index is 11.4. The molecule has 2 rings (SSSR count). The number of aromatic hydroxyl groups is 1. The molecular weight excluding hydrogens is 268 g/mol. The topological polar surface area (TPSA) is 141 Å². The van der Waals surface area contributed by atoms with Crippen LogP contribution in [0.3, 0.4) is 0 Å². The smallest absolute Gasteiger partial charge is 0.325 e. The van der Waals surface area contributed by atoms with E-state index in [-0.39, 0.29) is 5.69 Å². The van der Waals surface area contributed by atoms with Crippen molar-refractivity contribution >= 4 is 17.6 Å².